The third-order valence-corrected chi connectivity index (χ3v) is 6.02. The molecule has 0 aromatic carbocycles. The van der Waals surface area contributed by atoms with Crippen LogP contribution in [0, 0.1) is 24.7 Å². The second-order valence-corrected chi connectivity index (χ2v) is 7.72. The second-order valence-electron chi connectivity index (χ2n) is 7.72. The molecule has 4 bridgehead atoms. The predicted molar refractivity (Wildman–Crippen MR) is 79.2 cm³/mol. The fourth-order valence-electron chi connectivity index (χ4n) is 5.56. The van der Waals surface area contributed by atoms with E-state index in [0.717, 1.165) is 34.8 Å². The molecule has 0 aliphatic heterocycles. The van der Waals surface area contributed by atoms with Gasteiger partial charge in [0.25, 0.3) is 0 Å². The Bertz CT molecular complexity index is 500. The first-order chi connectivity index (χ1) is 9.56. The number of aryl methyl sites for hydroxylation is 1. The summed E-state index contributed by atoms with van der Waals surface area (Å²) in [5.41, 5.74) is 8.47. The van der Waals surface area contributed by atoms with E-state index >= 15 is 0 Å². The van der Waals surface area contributed by atoms with Gasteiger partial charge in [0.1, 0.15) is 5.82 Å². The highest BCUT2D eigenvalue weighted by atomic mass is 14.9. The quantitative estimate of drug-likeness (QED) is 0.898. The molecule has 0 spiro atoms. The minimum absolute atomic E-state index is 0.0282. The zero-order chi connectivity index (χ0) is 13.9. The van der Waals surface area contributed by atoms with Crippen molar-refractivity contribution in [1.29, 1.82) is 0 Å². The van der Waals surface area contributed by atoms with Gasteiger partial charge in [0.2, 0.25) is 0 Å². The summed E-state index contributed by atoms with van der Waals surface area (Å²) < 4.78 is 0. The summed E-state index contributed by atoms with van der Waals surface area (Å²) >= 11 is 0. The first-order valence-electron chi connectivity index (χ1n) is 8.15. The summed E-state index contributed by atoms with van der Waals surface area (Å²) in [6.45, 7) is 4.10. The third-order valence-electron chi connectivity index (χ3n) is 6.02. The topological polar surface area (TPSA) is 51.8 Å². The van der Waals surface area contributed by atoms with Crippen molar-refractivity contribution in [2.75, 3.05) is 0 Å². The molecule has 3 heteroatoms. The number of hydrogen-bond acceptors (Lipinski definition) is 3. The number of nitrogens with zero attached hydrogens (tertiary/aromatic N) is 2. The SMILES string of the molecule is Cc1nc(C23CC4CC(CC(C4)C2)C3)ncc1C(C)N. The van der Waals surface area contributed by atoms with Gasteiger partial charge in [0, 0.05) is 28.9 Å². The molecule has 2 N–H and O–H groups in total. The Balaban J connectivity index is 1.72. The molecule has 1 unspecified atom stereocenters. The molecule has 20 heavy (non-hydrogen) atoms. The van der Waals surface area contributed by atoms with Crippen molar-refractivity contribution in [3.63, 3.8) is 0 Å². The maximum atomic E-state index is 5.99. The molecule has 5 rings (SSSR count). The standard InChI is InChI=1S/C17H25N3/c1-10(18)15-9-19-16(20-11(15)2)17-6-12-3-13(7-17)5-14(4-12)8-17/h9-10,12-14H,3-8,18H2,1-2H3. The van der Waals surface area contributed by atoms with Crippen molar-refractivity contribution in [3.8, 4) is 0 Å². The van der Waals surface area contributed by atoms with Gasteiger partial charge in [-0.05, 0) is 70.1 Å². The fourth-order valence-corrected chi connectivity index (χ4v) is 5.56. The van der Waals surface area contributed by atoms with Crippen LogP contribution >= 0.6 is 0 Å². The third kappa shape index (κ3) is 1.82. The first-order valence-corrected chi connectivity index (χ1v) is 8.15. The van der Waals surface area contributed by atoms with Crippen molar-refractivity contribution in [2.24, 2.45) is 23.5 Å². The number of hydrogen-bond donors (Lipinski definition) is 1. The summed E-state index contributed by atoms with van der Waals surface area (Å²) in [6.07, 6.45) is 10.4. The number of aromatic nitrogens is 2. The van der Waals surface area contributed by atoms with Crippen molar-refractivity contribution in [2.45, 2.75) is 63.8 Å². The van der Waals surface area contributed by atoms with Crippen molar-refractivity contribution in [3.05, 3.63) is 23.3 Å². The molecule has 0 amide bonds. The first kappa shape index (κ1) is 12.8. The molecule has 4 aliphatic carbocycles. The zero-order valence-electron chi connectivity index (χ0n) is 12.6. The maximum Gasteiger partial charge on any atom is 0.134 e. The van der Waals surface area contributed by atoms with E-state index < -0.39 is 0 Å². The molecule has 0 saturated heterocycles. The lowest BCUT2D eigenvalue weighted by Gasteiger charge is -2.56. The van der Waals surface area contributed by atoms with Crippen LogP contribution in [0.5, 0.6) is 0 Å². The summed E-state index contributed by atoms with van der Waals surface area (Å²) in [6, 6.07) is 0.0282. The van der Waals surface area contributed by atoms with E-state index in [1.165, 1.54) is 38.5 Å². The molecular weight excluding hydrogens is 246 g/mol. The van der Waals surface area contributed by atoms with Crippen LogP contribution in [0.2, 0.25) is 0 Å². The smallest absolute Gasteiger partial charge is 0.134 e. The van der Waals surface area contributed by atoms with Gasteiger partial charge in [-0.1, -0.05) is 0 Å². The highest BCUT2D eigenvalue weighted by Crippen LogP contribution is 2.60. The van der Waals surface area contributed by atoms with Gasteiger partial charge in [0.15, 0.2) is 0 Å². The zero-order valence-corrected chi connectivity index (χ0v) is 12.6. The van der Waals surface area contributed by atoms with Crippen LogP contribution < -0.4 is 5.73 Å². The molecule has 1 heterocycles. The highest BCUT2D eigenvalue weighted by Gasteiger charge is 2.53. The largest absolute Gasteiger partial charge is 0.324 e. The van der Waals surface area contributed by atoms with Crippen LogP contribution in [0.15, 0.2) is 6.20 Å². The van der Waals surface area contributed by atoms with E-state index in [0.29, 0.717) is 5.41 Å². The Labute approximate surface area is 121 Å². The van der Waals surface area contributed by atoms with E-state index in [1.54, 1.807) is 0 Å². The number of rotatable bonds is 2. The fraction of sp³-hybridized carbons (Fsp3) is 0.765. The maximum absolute atomic E-state index is 5.99. The van der Waals surface area contributed by atoms with E-state index in [2.05, 4.69) is 6.92 Å². The Morgan fingerprint density at radius 2 is 1.70 bits per heavy atom. The van der Waals surface area contributed by atoms with Gasteiger partial charge in [-0.2, -0.15) is 0 Å². The lowest BCUT2D eigenvalue weighted by molar-refractivity contribution is -0.00950. The molecule has 0 radical (unpaired) electrons. The van der Waals surface area contributed by atoms with Crippen LogP contribution in [0.1, 0.15) is 68.6 Å². The van der Waals surface area contributed by atoms with Crippen LogP contribution in [0.25, 0.3) is 0 Å². The summed E-state index contributed by atoms with van der Waals surface area (Å²) in [5.74, 6) is 3.95. The second kappa shape index (κ2) is 4.27. The Morgan fingerprint density at radius 1 is 1.15 bits per heavy atom. The van der Waals surface area contributed by atoms with Gasteiger partial charge in [0.05, 0.1) is 0 Å². The lowest BCUT2D eigenvalue weighted by Crippen LogP contribution is -2.49. The molecule has 4 aliphatic rings. The van der Waals surface area contributed by atoms with Gasteiger partial charge < -0.3 is 5.73 Å². The molecule has 3 nitrogen and oxygen atoms in total. The van der Waals surface area contributed by atoms with Gasteiger partial charge >= 0.3 is 0 Å². The average Bonchev–Trinajstić information content (AvgIpc) is 2.36. The minimum atomic E-state index is 0.0282. The van der Waals surface area contributed by atoms with Crippen molar-refractivity contribution in [1.82, 2.24) is 9.97 Å². The van der Waals surface area contributed by atoms with Crippen LogP contribution in [-0.2, 0) is 5.41 Å². The normalized spacial score (nSPS) is 40.0. The Kier molecular flexibility index (Phi) is 2.72. The van der Waals surface area contributed by atoms with Crippen LogP contribution in [-0.4, -0.2) is 9.97 Å². The minimum Gasteiger partial charge on any atom is -0.324 e. The van der Waals surface area contributed by atoms with Crippen molar-refractivity contribution >= 4 is 0 Å². The Morgan fingerprint density at radius 3 is 2.15 bits per heavy atom. The molecule has 1 atom stereocenters. The van der Waals surface area contributed by atoms with Gasteiger partial charge in [-0.3, -0.25) is 0 Å². The van der Waals surface area contributed by atoms with E-state index in [4.69, 9.17) is 15.7 Å². The average molecular weight is 271 g/mol. The highest BCUT2D eigenvalue weighted by molar-refractivity contribution is 5.24. The van der Waals surface area contributed by atoms with Gasteiger partial charge in [-0.25, -0.2) is 9.97 Å². The molecule has 4 fully saturated rings. The molecule has 1 aromatic heterocycles. The summed E-state index contributed by atoms with van der Waals surface area (Å²) in [7, 11) is 0. The lowest BCUT2D eigenvalue weighted by atomic mass is 9.49. The summed E-state index contributed by atoms with van der Waals surface area (Å²) in [4.78, 5) is 9.65. The molecule has 1 aromatic rings. The van der Waals surface area contributed by atoms with Crippen LogP contribution in [0.4, 0.5) is 0 Å². The van der Waals surface area contributed by atoms with Gasteiger partial charge in [-0.15, -0.1) is 0 Å². The van der Waals surface area contributed by atoms with E-state index in [1.807, 2.05) is 13.1 Å². The Hall–Kier alpha value is -0.960. The molecule has 4 saturated carbocycles. The van der Waals surface area contributed by atoms with Crippen molar-refractivity contribution < 1.29 is 0 Å². The molecule has 108 valence electrons. The van der Waals surface area contributed by atoms with E-state index in [-0.39, 0.29) is 6.04 Å². The van der Waals surface area contributed by atoms with Crippen LogP contribution in [0.3, 0.4) is 0 Å². The monoisotopic (exact) mass is 271 g/mol. The van der Waals surface area contributed by atoms with E-state index in [9.17, 15) is 0 Å². The predicted octanol–water partition coefficient (Wildman–Crippen LogP) is 3.27. The summed E-state index contributed by atoms with van der Waals surface area (Å²) in [5, 5.41) is 0. The molecular formula is C17H25N3. The number of nitrogens with two attached hydrogens (primary N) is 1.